The van der Waals surface area contributed by atoms with Gasteiger partial charge in [-0.2, -0.15) is 0 Å². The van der Waals surface area contributed by atoms with Crippen LogP contribution < -0.4 is 0 Å². The molecule has 0 heterocycles. The van der Waals surface area contributed by atoms with Crippen LogP contribution in [0.1, 0.15) is 38.2 Å². The second-order valence-corrected chi connectivity index (χ2v) is 7.32. The van der Waals surface area contributed by atoms with Gasteiger partial charge >= 0.3 is 0 Å². The van der Waals surface area contributed by atoms with Crippen LogP contribution in [0.3, 0.4) is 0 Å². The summed E-state index contributed by atoms with van der Waals surface area (Å²) >= 11 is 3.36. The Morgan fingerprint density at radius 2 is 2.19 bits per heavy atom. The van der Waals surface area contributed by atoms with Gasteiger partial charge in [-0.1, -0.05) is 41.8 Å². The number of halogens is 2. The van der Waals surface area contributed by atoms with E-state index in [0.29, 0.717) is 16.8 Å². The maximum Gasteiger partial charge on any atom is 0.157 e. The van der Waals surface area contributed by atoms with Gasteiger partial charge in [-0.15, -0.1) is 0 Å². The molecule has 0 aliphatic heterocycles. The van der Waals surface area contributed by atoms with Crippen molar-refractivity contribution in [2.24, 2.45) is 5.92 Å². The molecular formula is C17H23BrFNO. The summed E-state index contributed by atoms with van der Waals surface area (Å²) in [6.07, 6.45) is 4.48. The van der Waals surface area contributed by atoms with Crippen LogP contribution in [0.4, 0.5) is 4.39 Å². The van der Waals surface area contributed by atoms with E-state index in [1.165, 1.54) is 18.6 Å². The van der Waals surface area contributed by atoms with Crippen LogP contribution in [0.15, 0.2) is 22.7 Å². The summed E-state index contributed by atoms with van der Waals surface area (Å²) in [5.74, 6) is 0.528. The number of ketones is 1. The van der Waals surface area contributed by atoms with Gasteiger partial charge in [0.25, 0.3) is 0 Å². The molecule has 1 aliphatic carbocycles. The van der Waals surface area contributed by atoms with E-state index in [4.69, 9.17) is 0 Å². The Labute approximate surface area is 134 Å². The molecule has 1 aromatic rings. The summed E-state index contributed by atoms with van der Waals surface area (Å²) in [5, 5.41) is 0. The first-order valence-corrected chi connectivity index (χ1v) is 8.29. The number of likely N-dealkylation sites (N-methyl/N-ethyl adjacent to an activating group) is 1. The van der Waals surface area contributed by atoms with Crippen LogP contribution in [-0.4, -0.2) is 30.3 Å². The van der Waals surface area contributed by atoms with E-state index in [9.17, 15) is 9.18 Å². The summed E-state index contributed by atoms with van der Waals surface area (Å²) in [7, 11) is 3.99. The minimum absolute atomic E-state index is 0.242. The van der Waals surface area contributed by atoms with E-state index in [0.717, 1.165) is 24.8 Å². The van der Waals surface area contributed by atoms with Gasteiger partial charge < -0.3 is 0 Å². The predicted octanol–water partition coefficient (Wildman–Crippen LogP) is 4.21. The van der Waals surface area contributed by atoms with Crippen molar-refractivity contribution in [2.75, 3.05) is 14.1 Å². The molecule has 21 heavy (non-hydrogen) atoms. The molecule has 2 atom stereocenters. The van der Waals surface area contributed by atoms with Crippen molar-refractivity contribution in [3.05, 3.63) is 34.1 Å². The third-order valence-corrected chi connectivity index (χ3v) is 5.45. The number of benzene rings is 1. The van der Waals surface area contributed by atoms with Crippen LogP contribution in [0.5, 0.6) is 0 Å². The zero-order valence-corrected chi connectivity index (χ0v) is 14.5. The van der Waals surface area contributed by atoms with E-state index in [1.807, 2.05) is 14.1 Å². The quantitative estimate of drug-likeness (QED) is 0.806. The van der Waals surface area contributed by atoms with Gasteiger partial charge in [0.1, 0.15) is 5.82 Å². The summed E-state index contributed by atoms with van der Waals surface area (Å²) in [6, 6.07) is 4.54. The van der Waals surface area contributed by atoms with Crippen molar-refractivity contribution in [3.63, 3.8) is 0 Å². The third kappa shape index (κ3) is 3.54. The van der Waals surface area contributed by atoms with Crippen molar-refractivity contribution in [1.82, 2.24) is 4.90 Å². The molecule has 0 bridgehead atoms. The minimum atomic E-state index is -0.370. The lowest BCUT2D eigenvalue weighted by atomic mass is 9.72. The molecule has 0 N–H and O–H groups in total. The lowest BCUT2D eigenvalue weighted by Crippen LogP contribution is -2.54. The maximum atomic E-state index is 13.2. The van der Waals surface area contributed by atoms with E-state index < -0.39 is 0 Å². The number of hydrogen-bond donors (Lipinski definition) is 0. The highest BCUT2D eigenvalue weighted by molar-refractivity contribution is 9.10. The van der Waals surface area contributed by atoms with Crippen molar-refractivity contribution in [2.45, 2.75) is 44.6 Å². The lowest BCUT2D eigenvalue weighted by molar-refractivity contribution is -0.132. The maximum absolute atomic E-state index is 13.2. The van der Waals surface area contributed by atoms with E-state index in [2.05, 4.69) is 27.8 Å². The normalized spacial score (nSPS) is 26.1. The largest absolute Gasteiger partial charge is 0.297 e. The van der Waals surface area contributed by atoms with Gasteiger partial charge in [-0.05, 0) is 50.6 Å². The first-order chi connectivity index (χ1) is 9.85. The second kappa shape index (κ2) is 6.57. The smallest absolute Gasteiger partial charge is 0.157 e. The third-order valence-electron chi connectivity index (χ3n) is 4.71. The van der Waals surface area contributed by atoms with Gasteiger partial charge in [0.15, 0.2) is 5.78 Å². The topological polar surface area (TPSA) is 20.3 Å². The molecule has 0 radical (unpaired) electrons. The Balaban J connectivity index is 2.23. The Hall–Kier alpha value is -0.740. The van der Waals surface area contributed by atoms with Gasteiger partial charge in [0, 0.05) is 10.9 Å². The summed E-state index contributed by atoms with van der Waals surface area (Å²) in [5.41, 5.74) is 0.492. The highest BCUT2D eigenvalue weighted by atomic mass is 79.9. The van der Waals surface area contributed by atoms with Crippen molar-refractivity contribution < 1.29 is 9.18 Å². The van der Waals surface area contributed by atoms with Crippen molar-refractivity contribution in [3.8, 4) is 0 Å². The first-order valence-electron chi connectivity index (χ1n) is 7.50. The summed E-state index contributed by atoms with van der Waals surface area (Å²) in [4.78, 5) is 15.0. The van der Waals surface area contributed by atoms with Crippen molar-refractivity contribution >= 4 is 21.7 Å². The lowest BCUT2D eigenvalue weighted by Gasteiger charge is -2.44. The zero-order valence-electron chi connectivity index (χ0n) is 13.0. The second-order valence-electron chi connectivity index (χ2n) is 6.46. The van der Waals surface area contributed by atoms with Gasteiger partial charge in [-0.3, -0.25) is 9.69 Å². The fraction of sp³-hybridized carbons (Fsp3) is 0.588. The predicted molar refractivity (Wildman–Crippen MR) is 86.9 cm³/mol. The number of nitrogens with zero attached hydrogens (tertiary/aromatic N) is 1. The molecule has 1 aromatic carbocycles. The highest BCUT2D eigenvalue weighted by Crippen LogP contribution is 2.37. The van der Waals surface area contributed by atoms with Crippen LogP contribution >= 0.6 is 15.9 Å². The zero-order chi connectivity index (χ0) is 15.6. The van der Waals surface area contributed by atoms with Crippen LogP contribution in [0.25, 0.3) is 0 Å². The van der Waals surface area contributed by atoms with Crippen LogP contribution in [0.2, 0.25) is 0 Å². The standard InChI is InChI=1S/C17H23BrFNO/c1-12-5-4-8-17(11-12,20(2)3)16(21)9-13-6-7-14(19)10-15(13)18/h6-7,10,12H,4-5,8-9,11H2,1-3H3. The number of carbonyl (C=O) groups is 1. The fourth-order valence-electron chi connectivity index (χ4n) is 3.43. The van der Waals surface area contributed by atoms with Crippen LogP contribution in [-0.2, 0) is 11.2 Å². The van der Waals surface area contributed by atoms with Gasteiger partial charge in [0.2, 0.25) is 0 Å². The molecule has 2 unspecified atom stereocenters. The Morgan fingerprint density at radius 1 is 1.48 bits per heavy atom. The molecule has 0 saturated heterocycles. The molecular weight excluding hydrogens is 333 g/mol. The number of hydrogen-bond acceptors (Lipinski definition) is 2. The molecule has 0 spiro atoms. The van der Waals surface area contributed by atoms with Crippen LogP contribution in [0, 0.1) is 11.7 Å². The minimum Gasteiger partial charge on any atom is -0.297 e. The molecule has 116 valence electrons. The average Bonchev–Trinajstić information content (AvgIpc) is 2.41. The molecule has 1 fully saturated rings. The van der Waals surface area contributed by atoms with E-state index >= 15 is 0 Å². The number of rotatable bonds is 4. The highest BCUT2D eigenvalue weighted by Gasteiger charge is 2.43. The molecule has 4 heteroatoms. The SMILES string of the molecule is CC1CCCC(C(=O)Cc2ccc(F)cc2Br)(N(C)C)C1. The molecule has 1 saturated carbocycles. The first kappa shape index (κ1) is 16.6. The number of carbonyl (C=O) groups excluding carboxylic acids is 1. The Morgan fingerprint density at radius 3 is 2.76 bits per heavy atom. The summed E-state index contributed by atoms with van der Waals surface area (Å²) < 4.78 is 13.8. The Kier molecular flexibility index (Phi) is 5.20. The van der Waals surface area contributed by atoms with Gasteiger partial charge in [-0.25, -0.2) is 4.39 Å². The summed E-state index contributed by atoms with van der Waals surface area (Å²) in [6.45, 7) is 2.22. The van der Waals surface area contributed by atoms with E-state index in [-0.39, 0.29) is 17.1 Å². The van der Waals surface area contributed by atoms with E-state index in [1.54, 1.807) is 6.07 Å². The number of Topliss-reactive ketones (excluding diaryl/α,β-unsaturated/α-hetero) is 1. The molecule has 0 amide bonds. The van der Waals surface area contributed by atoms with Gasteiger partial charge in [0.05, 0.1) is 5.54 Å². The molecule has 2 nitrogen and oxygen atoms in total. The fourth-order valence-corrected chi connectivity index (χ4v) is 3.93. The Bertz CT molecular complexity index is 532. The molecule has 0 aromatic heterocycles. The average molecular weight is 356 g/mol. The monoisotopic (exact) mass is 355 g/mol. The molecule has 2 rings (SSSR count). The molecule has 1 aliphatic rings. The van der Waals surface area contributed by atoms with Crippen molar-refractivity contribution in [1.29, 1.82) is 0 Å².